The van der Waals surface area contributed by atoms with Gasteiger partial charge in [-0.1, -0.05) is 42.5 Å². The molecule has 7 heteroatoms. The zero-order valence-corrected chi connectivity index (χ0v) is 17.0. The van der Waals surface area contributed by atoms with E-state index in [0.29, 0.717) is 11.5 Å². The Morgan fingerprint density at radius 3 is 2.19 bits per heavy atom. The lowest BCUT2D eigenvalue weighted by molar-refractivity contribution is -0.131. The predicted octanol–water partition coefficient (Wildman–Crippen LogP) is 5.19. The minimum absolute atomic E-state index is 0.0532. The number of methoxy groups -OCH3 is 1. The molecule has 0 radical (unpaired) electrons. The molecule has 0 fully saturated rings. The lowest BCUT2D eigenvalue weighted by Crippen LogP contribution is -2.33. The third kappa shape index (κ3) is 4.17. The van der Waals surface area contributed by atoms with E-state index in [4.69, 9.17) is 9.47 Å². The number of para-hydroxylation sites is 2. The molecule has 0 spiro atoms. The number of halogens is 2. The summed E-state index contributed by atoms with van der Waals surface area (Å²) in [5, 5.41) is 0. The predicted molar refractivity (Wildman–Crippen MR) is 111 cm³/mol. The summed E-state index contributed by atoms with van der Waals surface area (Å²) in [6.45, 7) is -2.68. The molecule has 1 amide bonds. The van der Waals surface area contributed by atoms with Gasteiger partial charge in [-0.15, -0.1) is 0 Å². The first kappa shape index (κ1) is 20.7. The largest absolute Gasteiger partial charge is 0.493 e. The van der Waals surface area contributed by atoms with Crippen LogP contribution in [-0.2, 0) is 11.3 Å². The molecule has 0 atom stereocenters. The Bertz CT molecular complexity index is 1060. The number of carbonyl (C=O) groups is 1. The van der Waals surface area contributed by atoms with E-state index < -0.39 is 12.5 Å². The van der Waals surface area contributed by atoms with Gasteiger partial charge < -0.3 is 19.1 Å². The van der Waals surface area contributed by atoms with Gasteiger partial charge in [0.1, 0.15) is 11.5 Å². The van der Waals surface area contributed by atoms with E-state index in [1.54, 1.807) is 24.1 Å². The van der Waals surface area contributed by atoms with Gasteiger partial charge in [-0.05, 0) is 29.8 Å². The van der Waals surface area contributed by atoms with Gasteiger partial charge in [-0.2, -0.15) is 8.78 Å². The second kappa shape index (κ2) is 8.63. The Morgan fingerprint density at radius 1 is 1.00 bits per heavy atom. The number of ether oxygens (including phenoxy) is 3. The van der Waals surface area contributed by atoms with Gasteiger partial charge in [0.05, 0.1) is 13.0 Å². The van der Waals surface area contributed by atoms with Crippen LogP contribution in [0.2, 0.25) is 0 Å². The maximum absolute atomic E-state index is 13.5. The van der Waals surface area contributed by atoms with E-state index in [0.717, 1.165) is 16.7 Å². The Kier molecular flexibility index (Phi) is 5.75. The lowest BCUT2D eigenvalue weighted by Gasteiger charge is -2.30. The van der Waals surface area contributed by atoms with Gasteiger partial charge in [0.2, 0.25) is 5.91 Å². The summed E-state index contributed by atoms with van der Waals surface area (Å²) in [4.78, 5) is 15.1. The molecule has 0 aromatic heterocycles. The molecule has 3 aromatic rings. The van der Waals surface area contributed by atoms with Crippen molar-refractivity contribution in [3.05, 3.63) is 83.4 Å². The summed E-state index contributed by atoms with van der Waals surface area (Å²) in [7, 11) is 3.08. The molecule has 0 saturated carbocycles. The van der Waals surface area contributed by atoms with Crippen LogP contribution in [0.25, 0.3) is 0 Å². The third-order valence-corrected chi connectivity index (χ3v) is 5.17. The average molecular weight is 425 g/mol. The molecule has 0 saturated heterocycles. The number of amides is 1. The van der Waals surface area contributed by atoms with Crippen molar-refractivity contribution in [1.29, 1.82) is 0 Å². The number of benzene rings is 3. The summed E-state index contributed by atoms with van der Waals surface area (Å²) < 4.78 is 40.7. The Morgan fingerprint density at radius 2 is 1.61 bits per heavy atom. The Hall–Kier alpha value is -3.61. The molecular weight excluding hydrogens is 404 g/mol. The standard InChI is InChI=1S/C24H21F2NO4/c1-27(14-15-11-12-20(31-24(25)26)21(13-15)29-2)23(28)22-16-7-3-5-9-18(16)30-19-10-6-4-8-17(19)22/h3-13,22,24H,14H2,1-2H3. The molecular formula is C24H21F2NO4. The number of hydrogen-bond donors (Lipinski definition) is 0. The maximum atomic E-state index is 13.5. The number of carbonyl (C=O) groups excluding carboxylic acids is 1. The second-order valence-electron chi connectivity index (χ2n) is 7.17. The van der Waals surface area contributed by atoms with Gasteiger partial charge >= 0.3 is 6.61 Å². The van der Waals surface area contributed by atoms with Gasteiger partial charge in [-0.3, -0.25) is 4.79 Å². The number of alkyl halides is 2. The van der Waals surface area contributed by atoms with Crippen LogP contribution in [0, 0.1) is 0 Å². The van der Waals surface area contributed by atoms with Crippen LogP contribution in [0.4, 0.5) is 8.78 Å². The smallest absolute Gasteiger partial charge is 0.387 e. The van der Waals surface area contributed by atoms with Gasteiger partial charge in [0.15, 0.2) is 11.5 Å². The van der Waals surface area contributed by atoms with Crippen molar-refractivity contribution in [2.75, 3.05) is 14.2 Å². The fourth-order valence-corrected chi connectivity index (χ4v) is 3.75. The molecule has 4 rings (SSSR count). The maximum Gasteiger partial charge on any atom is 0.387 e. The Balaban J connectivity index is 1.61. The molecule has 160 valence electrons. The molecule has 1 heterocycles. The summed E-state index contributed by atoms with van der Waals surface area (Å²) in [6.07, 6.45) is 0. The number of nitrogens with zero attached hydrogens (tertiary/aromatic N) is 1. The van der Waals surface area contributed by atoms with Crippen molar-refractivity contribution >= 4 is 5.91 Å². The first-order chi connectivity index (χ1) is 15.0. The van der Waals surface area contributed by atoms with Crippen molar-refractivity contribution in [2.24, 2.45) is 0 Å². The van der Waals surface area contributed by atoms with E-state index in [2.05, 4.69) is 4.74 Å². The second-order valence-corrected chi connectivity index (χ2v) is 7.17. The number of hydrogen-bond acceptors (Lipinski definition) is 4. The van der Waals surface area contributed by atoms with Crippen LogP contribution < -0.4 is 14.2 Å². The minimum atomic E-state index is -2.95. The zero-order chi connectivity index (χ0) is 22.0. The van der Waals surface area contributed by atoms with Crippen LogP contribution in [0.1, 0.15) is 22.6 Å². The van der Waals surface area contributed by atoms with Crippen molar-refractivity contribution in [2.45, 2.75) is 19.1 Å². The van der Waals surface area contributed by atoms with E-state index in [-0.39, 0.29) is 24.0 Å². The minimum Gasteiger partial charge on any atom is -0.493 e. The van der Waals surface area contributed by atoms with Crippen molar-refractivity contribution < 1.29 is 27.8 Å². The quantitative estimate of drug-likeness (QED) is 0.545. The van der Waals surface area contributed by atoms with Crippen LogP contribution >= 0.6 is 0 Å². The van der Waals surface area contributed by atoms with Crippen molar-refractivity contribution in [3.8, 4) is 23.0 Å². The molecule has 3 aromatic carbocycles. The first-order valence-electron chi connectivity index (χ1n) is 9.70. The highest BCUT2D eigenvalue weighted by molar-refractivity contribution is 5.89. The molecule has 0 N–H and O–H groups in total. The van der Waals surface area contributed by atoms with E-state index in [1.807, 2.05) is 48.5 Å². The third-order valence-electron chi connectivity index (χ3n) is 5.17. The molecule has 0 unspecified atom stereocenters. The molecule has 31 heavy (non-hydrogen) atoms. The van der Waals surface area contributed by atoms with Gasteiger partial charge in [-0.25, -0.2) is 0 Å². The summed E-state index contributed by atoms with van der Waals surface area (Å²) >= 11 is 0. The summed E-state index contributed by atoms with van der Waals surface area (Å²) in [6, 6.07) is 19.6. The van der Waals surface area contributed by atoms with Crippen molar-refractivity contribution in [1.82, 2.24) is 4.90 Å². The number of likely N-dealkylation sites (N-methyl/N-ethyl adjacent to an activating group) is 1. The van der Waals surface area contributed by atoms with Crippen LogP contribution in [0.15, 0.2) is 66.7 Å². The lowest BCUT2D eigenvalue weighted by atomic mass is 9.87. The fraction of sp³-hybridized carbons (Fsp3) is 0.208. The molecule has 1 aliphatic heterocycles. The van der Waals surface area contributed by atoms with E-state index in [1.165, 1.54) is 13.2 Å². The average Bonchev–Trinajstić information content (AvgIpc) is 2.77. The SMILES string of the molecule is COc1cc(CN(C)C(=O)C2c3ccccc3Oc3ccccc32)ccc1OC(F)F. The molecule has 0 aliphatic carbocycles. The highest BCUT2D eigenvalue weighted by Gasteiger charge is 2.34. The summed E-state index contributed by atoms with van der Waals surface area (Å²) in [5.74, 6) is 0.832. The van der Waals surface area contributed by atoms with Gasteiger partial charge in [0, 0.05) is 24.7 Å². The monoisotopic (exact) mass is 425 g/mol. The first-order valence-corrected chi connectivity index (χ1v) is 9.70. The highest BCUT2D eigenvalue weighted by Crippen LogP contribution is 2.44. The van der Waals surface area contributed by atoms with Crippen LogP contribution in [-0.4, -0.2) is 31.6 Å². The molecule has 5 nitrogen and oxygen atoms in total. The molecule has 0 bridgehead atoms. The molecule has 1 aliphatic rings. The zero-order valence-electron chi connectivity index (χ0n) is 17.0. The number of fused-ring (bicyclic) bond motifs is 2. The van der Waals surface area contributed by atoms with Crippen LogP contribution in [0.3, 0.4) is 0 Å². The normalized spacial score (nSPS) is 12.5. The van der Waals surface area contributed by atoms with E-state index in [9.17, 15) is 13.6 Å². The summed E-state index contributed by atoms with van der Waals surface area (Å²) in [5.41, 5.74) is 2.33. The fourth-order valence-electron chi connectivity index (χ4n) is 3.75. The topological polar surface area (TPSA) is 48.0 Å². The highest BCUT2D eigenvalue weighted by atomic mass is 19.3. The van der Waals surface area contributed by atoms with Crippen molar-refractivity contribution in [3.63, 3.8) is 0 Å². The van der Waals surface area contributed by atoms with E-state index >= 15 is 0 Å². The van der Waals surface area contributed by atoms with Crippen LogP contribution in [0.5, 0.6) is 23.0 Å². The number of rotatable bonds is 6. The van der Waals surface area contributed by atoms with Gasteiger partial charge in [0.25, 0.3) is 0 Å². The Labute approximate surface area is 178 Å².